The fraction of sp³-hybridized carbons (Fsp3) is 0.737. The summed E-state index contributed by atoms with van der Waals surface area (Å²) in [5.74, 6) is 1.23. The molecule has 1 aliphatic carbocycles. The number of sulfone groups is 1. The van der Waals surface area contributed by atoms with Gasteiger partial charge in [-0.15, -0.1) is 0 Å². The van der Waals surface area contributed by atoms with Crippen LogP contribution in [0.25, 0.3) is 0 Å². The van der Waals surface area contributed by atoms with Crippen LogP contribution in [-0.2, 0) is 9.84 Å². The second kappa shape index (κ2) is 8.12. The summed E-state index contributed by atoms with van der Waals surface area (Å²) >= 11 is 0. The van der Waals surface area contributed by atoms with Crippen LogP contribution in [0, 0.1) is 5.92 Å². The maximum atomic E-state index is 12.9. The molecule has 27 heavy (non-hydrogen) atoms. The van der Waals surface area contributed by atoms with E-state index in [2.05, 4.69) is 22.2 Å². The first kappa shape index (κ1) is 20.0. The number of amides is 1. The first-order chi connectivity index (χ1) is 12.7. The molecule has 1 saturated heterocycles. The summed E-state index contributed by atoms with van der Waals surface area (Å²) in [5.41, 5.74) is 1.20. The van der Waals surface area contributed by atoms with Gasteiger partial charge in [0.15, 0.2) is 9.84 Å². The van der Waals surface area contributed by atoms with Gasteiger partial charge in [-0.05, 0) is 24.7 Å². The first-order valence-electron chi connectivity index (χ1n) is 9.88. The van der Waals surface area contributed by atoms with Gasteiger partial charge < -0.3 is 10.2 Å². The lowest BCUT2D eigenvalue weighted by atomic mass is 9.87. The molecule has 1 amide bonds. The van der Waals surface area contributed by atoms with E-state index < -0.39 is 9.84 Å². The smallest absolute Gasteiger partial charge is 0.257 e. The third-order valence-corrected chi connectivity index (χ3v) is 7.11. The van der Waals surface area contributed by atoms with Gasteiger partial charge in [-0.3, -0.25) is 4.79 Å². The molecule has 1 aromatic rings. The SMILES string of the molecule is CC1CCC[C@H](Nc2ncc(C(=O)N3CCS(=O)(=O)CC3)c(C(C)C)n2)C1. The molecular weight excluding hydrogens is 364 g/mol. The topological polar surface area (TPSA) is 92.3 Å². The number of aromatic nitrogens is 2. The molecule has 150 valence electrons. The van der Waals surface area contributed by atoms with Gasteiger partial charge in [-0.25, -0.2) is 18.4 Å². The normalized spacial score (nSPS) is 25.4. The number of carbonyl (C=O) groups is 1. The largest absolute Gasteiger partial charge is 0.351 e. The Bertz CT molecular complexity index is 780. The zero-order valence-electron chi connectivity index (χ0n) is 16.4. The van der Waals surface area contributed by atoms with Gasteiger partial charge in [-0.1, -0.05) is 33.6 Å². The Hall–Kier alpha value is -1.70. The summed E-state index contributed by atoms with van der Waals surface area (Å²) in [6.45, 7) is 6.75. The highest BCUT2D eigenvalue weighted by Crippen LogP contribution is 2.26. The highest BCUT2D eigenvalue weighted by molar-refractivity contribution is 7.91. The Morgan fingerprint density at radius 2 is 1.96 bits per heavy atom. The highest BCUT2D eigenvalue weighted by Gasteiger charge is 2.28. The molecule has 8 heteroatoms. The third-order valence-electron chi connectivity index (χ3n) is 5.50. The molecule has 1 saturated carbocycles. The van der Waals surface area contributed by atoms with Gasteiger partial charge in [0.1, 0.15) is 0 Å². The van der Waals surface area contributed by atoms with Crippen LogP contribution in [-0.4, -0.2) is 59.8 Å². The van der Waals surface area contributed by atoms with Crippen LogP contribution in [0.1, 0.15) is 68.4 Å². The van der Waals surface area contributed by atoms with Gasteiger partial charge >= 0.3 is 0 Å². The van der Waals surface area contributed by atoms with E-state index in [1.54, 1.807) is 11.1 Å². The van der Waals surface area contributed by atoms with Gasteiger partial charge in [-0.2, -0.15) is 0 Å². The van der Waals surface area contributed by atoms with Crippen molar-refractivity contribution in [2.45, 2.75) is 58.4 Å². The lowest BCUT2D eigenvalue weighted by Crippen LogP contribution is -2.44. The second-order valence-corrected chi connectivity index (χ2v) is 10.5. The fourth-order valence-electron chi connectivity index (χ4n) is 3.90. The van der Waals surface area contributed by atoms with Crippen LogP contribution in [0.3, 0.4) is 0 Å². The zero-order valence-corrected chi connectivity index (χ0v) is 17.3. The maximum Gasteiger partial charge on any atom is 0.257 e. The molecule has 1 aliphatic heterocycles. The second-order valence-electron chi connectivity index (χ2n) is 8.20. The lowest BCUT2D eigenvalue weighted by molar-refractivity contribution is 0.0767. The average Bonchev–Trinajstić information content (AvgIpc) is 2.61. The average molecular weight is 395 g/mol. The predicted octanol–water partition coefficient (Wildman–Crippen LogP) is 2.46. The van der Waals surface area contributed by atoms with Gasteiger partial charge in [0.05, 0.1) is 22.8 Å². The van der Waals surface area contributed by atoms with Crippen molar-refractivity contribution in [1.82, 2.24) is 14.9 Å². The summed E-state index contributed by atoms with van der Waals surface area (Å²) < 4.78 is 23.2. The van der Waals surface area contributed by atoms with Crippen molar-refractivity contribution < 1.29 is 13.2 Å². The summed E-state index contributed by atoms with van der Waals surface area (Å²) in [5, 5.41) is 3.44. The van der Waals surface area contributed by atoms with E-state index in [1.165, 1.54) is 12.8 Å². The summed E-state index contributed by atoms with van der Waals surface area (Å²) in [6, 6.07) is 0.377. The van der Waals surface area contributed by atoms with E-state index >= 15 is 0 Å². The first-order valence-corrected chi connectivity index (χ1v) is 11.7. The van der Waals surface area contributed by atoms with E-state index in [0.717, 1.165) is 18.5 Å². The van der Waals surface area contributed by atoms with Crippen molar-refractivity contribution in [2.24, 2.45) is 5.92 Å². The third kappa shape index (κ3) is 4.97. The summed E-state index contributed by atoms with van der Waals surface area (Å²) in [4.78, 5) is 23.6. The van der Waals surface area contributed by atoms with E-state index in [0.29, 0.717) is 23.5 Å². The molecule has 7 nitrogen and oxygen atoms in total. The van der Waals surface area contributed by atoms with Crippen molar-refractivity contribution in [3.8, 4) is 0 Å². The molecule has 0 spiro atoms. The zero-order chi connectivity index (χ0) is 19.6. The predicted molar refractivity (Wildman–Crippen MR) is 106 cm³/mol. The number of carbonyl (C=O) groups excluding carboxylic acids is 1. The molecule has 1 unspecified atom stereocenters. The number of hydrogen-bond donors (Lipinski definition) is 1. The molecule has 0 aromatic carbocycles. The summed E-state index contributed by atoms with van der Waals surface area (Å²) in [6.07, 6.45) is 6.32. The van der Waals surface area contributed by atoms with Gasteiger partial charge in [0.25, 0.3) is 5.91 Å². The molecule has 0 bridgehead atoms. The Morgan fingerprint density at radius 1 is 1.26 bits per heavy atom. The Kier molecular flexibility index (Phi) is 6.03. The molecular formula is C19H30N4O3S. The van der Waals surface area contributed by atoms with Crippen LogP contribution < -0.4 is 5.32 Å². The Balaban J connectivity index is 1.76. The number of nitrogens with one attached hydrogen (secondary N) is 1. The van der Waals surface area contributed by atoms with Crippen LogP contribution in [0.15, 0.2) is 6.20 Å². The standard InChI is InChI=1S/C19H30N4O3S/c1-13(2)17-16(18(24)23-7-9-27(25,26)10-8-23)12-20-19(22-17)21-15-6-4-5-14(3)11-15/h12-15H,4-11H2,1-3H3,(H,20,21,22)/t14?,15-/m0/s1. The number of hydrogen-bond acceptors (Lipinski definition) is 6. The molecule has 3 rings (SSSR count). The number of rotatable bonds is 4. The quantitative estimate of drug-likeness (QED) is 0.843. The molecule has 2 heterocycles. The van der Waals surface area contributed by atoms with Gasteiger partial charge in [0, 0.05) is 25.3 Å². The van der Waals surface area contributed by atoms with Crippen molar-refractivity contribution in [3.05, 3.63) is 17.5 Å². The number of nitrogens with zero attached hydrogens (tertiary/aromatic N) is 3. The highest BCUT2D eigenvalue weighted by atomic mass is 32.2. The van der Waals surface area contributed by atoms with E-state index in [9.17, 15) is 13.2 Å². The van der Waals surface area contributed by atoms with E-state index in [-0.39, 0.29) is 36.4 Å². The van der Waals surface area contributed by atoms with Crippen molar-refractivity contribution >= 4 is 21.7 Å². The minimum atomic E-state index is -3.02. The van der Waals surface area contributed by atoms with Crippen LogP contribution in [0.4, 0.5) is 5.95 Å². The van der Waals surface area contributed by atoms with Crippen molar-refractivity contribution in [1.29, 1.82) is 0 Å². The van der Waals surface area contributed by atoms with E-state index in [4.69, 9.17) is 0 Å². The lowest BCUT2D eigenvalue weighted by Gasteiger charge is -2.29. The maximum absolute atomic E-state index is 12.9. The Labute approximate surface area is 161 Å². The molecule has 1 aromatic heterocycles. The van der Waals surface area contributed by atoms with Crippen molar-refractivity contribution in [2.75, 3.05) is 29.9 Å². The minimum absolute atomic E-state index is 0.0239. The fourth-order valence-corrected chi connectivity index (χ4v) is 5.10. The van der Waals surface area contributed by atoms with Crippen LogP contribution >= 0.6 is 0 Å². The monoisotopic (exact) mass is 394 g/mol. The van der Waals surface area contributed by atoms with Crippen LogP contribution in [0.5, 0.6) is 0 Å². The summed E-state index contributed by atoms with van der Waals surface area (Å²) in [7, 11) is -3.02. The minimum Gasteiger partial charge on any atom is -0.351 e. The molecule has 2 atom stereocenters. The molecule has 0 radical (unpaired) electrons. The molecule has 2 aliphatic rings. The molecule has 2 fully saturated rings. The van der Waals surface area contributed by atoms with Crippen LogP contribution in [0.2, 0.25) is 0 Å². The Morgan fingerprint density at radius 3 is 2.59 bits per heavy atom. The molecule has 1 N–H and O–H groups in total. The van der Waals surface area contributed by atoms with E-state index in [1.807, 2.05) is 13.8 Å². The van der Waals surface area contributed by atoms with Gasteiger partial charge in [0.2, 0.25) is 5.95 Å². The van der Waals surface area contributed by atoms with Crippen molar-refractivity contribution in [3.63, 3.8) is 0 Å². The number of anilines is 1.